The van der Waals surface area contributed by atoms with Crippen LogP contribution in [0.5, 0.6) is 0 Å². The lowest BCUT2D eigenvalue weighted by Gasteiger charge is -2.16. The highest BCUT2D eigenvalue weighted by Gasteiger charge is 2.22. The average molecular weight is 304 g/mol. The summed E-state index contributed by atoms with van der Waals surface area (Å²) >= 11 is 0. The van der Waals surface area contributed by atoms with Gasteiger partial charge in [-0.25, -0.2) is 0 Å². The van der Waals surface area contributed by atoms with Gasteiger partial charge < -0.3 is 14.8 Å². The molecule has 0 spiro atoms. The van der Waals surface area contributed by atoms with E-state index in [1.54, 1.807) is 25.1 Å². The summed E-state index contributed by atoms with van der Waals surface area (Å²) in [7, 11) is 0. The number of rotatable bonds is 6. The third-order valence-corrected chi connectivity index (χ3v) is 3.17. The Kier molecular flexibility index (Phi) is 4.90. The molecule has 0 fully saturated rings. The molecule has 7 heteroatoms. The van der Waals surface area contributed by atoms with Crippen LogP contribution < -0.4 is 5.32 Å². The molecule has 2 unspecified atom stereocenters. The van der Waals surface area contributed by atoms with E-state index in [1.165, 1.54) is 24.5 Å². The fourth-order valence-electron chi connectivity index (χ4n) is 2.12. The van der Waals surface area contributed by atoms with Crippen molar-refractivity contribution in [3.63, 3.8) is 0 Å². The van der Waals surface area contributed by atoms with E-state index in [-0.39, 0.29) is 23.7 Å². The fourth-order valence-corrected chi connectivity index (χ4v) is 2.12. The molecular formula is C15H16N2O5. The minimum Gasteiger partial charge on any atom is -0.467 e. The molecule has 1 aromatic carbocycles. The molecule has 7 nitrogen and oxygen atoms in total. The largest absolute Gasteiger partial charge is 0.467 e. The summed E-state index contributed by atoms with van der Waals surface area (Å²) in [6.07, 6.45) is 0.839. The average Bonchev–Trinajstić information content (AvgIpc) is 3.01. The number of nitro groups is 1. The predicted octanol–water partition coefficient (Wildman–Crippen LogP) is 2.43. The van der Waals surface area contributed by atoms with Gasteiger partial charge in [0.1, 0.15) is 17.4 Å². The fraction of sp³-hybridized carbons (Fsp3) is 0.267. The summed E-state index contributed by atoms with van der Waals surface area (Å²) in [6.45, 7) is 1.71. The normalized spacial score (nSPS) is 13.4. The molecule has 22 heavy (non-hydrogen) atoms. The molecule has 0 saturated heterocycles. The SMILES string of the molecule is CC(CC(O)c1ccco1)NC(=O)c1ccccc1[N+](=O)[O-]. The van der Waals surface area contributed by atoms with E-state index in [0.29, 0.717) is 5.76 Å². The Morgan fingerprint density at radius 1 is 1.36 bits per heavy atom. The molecule has 0 bridgehead atoms. The first-order chi connectivity index (χ1) is 10.5. The minimum atomic E-state index is -0.851. The second kappa shape index (κ2) is 6.86. The molecule has 1 heterocycles. The maximum absolute atomic E-state index is 12.1. The van der Waals surface area contributed by atoms with Gasteiger partial charge in [0.15, 0.2) is 0 Å². The topological polar surface area (TPSA) is 106 Å². The standard InChI is InChI=1S/C15H16N2O5/c1-10(9-13(18)14-7-4-8-22-14)16-15(19)11-5-2-3-6-12(11)17(20)21/h2-8,10,13,18H,9H2,1H3,(H,16,19). The van der Waals surface area contributed by atoms with Crippen molar-refractivity contribution in [1.29, 1.82) is 0 Å². The lowest BCUT2D eigenvalue weighted by molar-refractivity contribution is -0.385. The highest BCUT2D eigenvalue weighted by molar-refractivity contribution is 5.98. The number of aliphatic hydroxyl groups is 1. The summed E-state index contributed by atoms with van der Waals surface area (Å²) in [5.74, 6) is -0.141. The Balaban J connectivity index is 2.01. The van der Waals surface area contributed by atoms with E-state index in [9.17, 15) is 20.0 Å². The summed E-state index contributed by atoms with van der Waals surface area (Å²) < 4.78 is 5.08. The molecule has 2 atom stereocenters. The molecule has 1 aromatic heterocycles. The first kappa shape index (κ1) is 15.7. The van der Waals surface area contributed by atoms with Crippen LogP contribution in [-0.4, -0.2) is 22.0 Å². The van der Waals surface area contributed by atoms with E-state index >= 15 is 0 Å². The first-order valence-corrected chi connectivity index (χ1v) is 6.74. The van der Waals surface area contributed by atoms with Gasteiger partial charge in [-0.2, -0.15) is 0 Å². The zero-order valence-electron chi connectivity index (χ0n) is 11.9. The zero-order valence-corrected chi connectivity index (χ0v) is 11.9. The maximum atomic E-state index is 12.1. The summed E-state index contributed by atoms with van der Waals surface area (Å²) in [5.41, 5.74) is -0.259. The number of hydrogen-bond acceptors (Lipinski definition) is 5. The Hall–Kier alpha value is -2.67. The van der Waals surface area contributed by atoms with Crippen LogP contribution in [0.1, 0.15) is 35.6 Å². The Labute approximate surface area is 126 Å². The van der Waals surface area contributed by atoms with Crippen molar-refractivity contribution >= 4 is 11.6 Å². The maximum Gasteiger partial charge on any atom is 0.282 e. The molecule has 2 aromatic rings. The molecule has 0 aliphatic carbocycles. The quantitative estimate of drug-likeness (QED) is 0.629. The number of para-hydroxylation sites is 1. The molecule has 0 radical (unpaired) electrons. The lowest BCUT2D eigenvalue weighted by atomic mass is 10.1. The molecule has 0 aliphatic heterocycles. The van der Waals surface area contributed by atoms with Gasteiger partial charge in [0.25, 0.3) is 11.6 Å². The van der Waals surface area contributed by atoms with Crippen LogP contribution in [0.3, 0.4) is 0 Å². The third-order valence-electron chi connectivity index (χ3n) is 3.17. The molecule has 0 aliphatic rings. The van der Waals surface area contributed by atoms with Crippen molar-refractivity contribution in [1.82, 2.24) is 5.32 Å². The van der Waals surface area contributed by atoms with Gasteiger partial charge in [-0.05, 0) is 25.1 Å². The van der Waals surface area contributed by atoms with E-state index < -0.39 is 16.9 Å². The van der Waals surface area contributed by atoms with Crippen molar-refractivity contribution in [2.45, 2.75) is 25.5 Å². The van der Waals surface area contributed by atoms with E-state index in [0.717, 1.165) is 0 Å². The number of carbonyl (C=O) groups excluding carboxylic acids is 1. The highest BCUT2D eigenvalue weighted by Crippen LogP contribution is 2.20. The third kappa shape index (κ3) is 3.70. The van der Waals surface area contributed by atoms with Gasteiger partial charge in [-0.3, -0.25) is 14.9 Å². The van der Waals surface area contributed by atoms with Crippen molar-refractivity contribution in [2.24, 2.45) is 0 Å². The molecule has 0 saturated carbocycles. The lowest BCUT2D eigenvalue weighted by Crippen LogP contribution is -2.34. The Morgan fingerprint density at radius 2 is 2.09 bits per heavy atom. The number of hydrogen-bond donors (Lipinski definition) is 2. The van der Waals surface area contributed by atoms with Crippen LogP contribution in [0.2, 0.25) is 0 Å². The Morgan fingerprint density at radius 3 is 2.73 bits per heavy atom. The number of nitrogens with zero attached hydrogens (tertiary/aromatic N) is 1. The van der Waals surface area contributed by atoms with Gasteiger partial charge in [0.2, 0.25) is 0 Å². The Bertz CT molecular complexity index is 654. The smallest absolute Gasteiger partial charge is 0.282 e. The van der Waals surface area contributed by atoms with Gasteiger partial charge in [-0.15, -0.1) is 0 Å². The number of furan rings is 1. The number of nitro benzene ring substituents is 1. The molecule has 2 N–H and O–H groups in total. The van der Waals surface area contributed by atoms with Gasteiger partial charge in [0, 0.05) is 18.5 Å². The van der Waals surface area contributed by atoms with E-state index in [1.807, 2.05) is 0 Å². The van der Waals surface area contributed by atoms with Crippen molar-refractivity contribution in [3.8, 4) is 0 Å². The van der Waals surface area contributed by atoms with Gasteiger partial charge >= 0.3 is 0 Å². The van der Waals surface area contributed by atoms with E-state index in [4.69, 9.17) is 4.42 Å². The number of amides is 1. The minimum absolute atomic E-state index is 0.00756. The summed E-state index contributed by atoms with van der Waals surface area (Å²) in [5, 5.41) is 23.5. The van der Waals surface area contributed by atoms with E-state index in [2.05, 4.69) is 5.32 Å². The first-order valence-electron chi connectivity index (χ1n) is 6.74. The van der Waals surface area contributed by atoms with Crippen molar-refractivity contribution in [3.05, 3.63) is 64.1 Å². The van der Waals surface area contributed by atoms with Crippen molar-refractivity contribution in [2.75, 3.05) is 0 Å². The monoisotopic (exact) mass is 304 g/mol. The van der Waals surface area contributed by atoms with Crippen LogP contribution in [0.25, 0.3) is 0 Å². The number of benzene rings is 1. The molecule has 1 amide bonds. The molecule has 116 valence electrons. The van der Waals surface area contributed by atoms with Crippen LogP contribution >= 0.6 is 0 Å². The number of carbonyl (C=O) groups is 1. The predicted molar refractivity (Wildman–Crippen MR) is 78.3 cm³/mol. The van der Waals surface area contributed by atoms with Crippen LogP contribution in [-0.2, 0) is 0 Å². The number of aliphatic hydroxyl groups excluding tert-OH is 1. The summed E-state index contributed by atoms with van der Waals surface area (Å²) in [4.78, 5) is 22.4. The number of nitrogens with one attached hydrogen (secondary N) is 1. The summed E-state index contributed by atoms with van der Waals surface area (Å²) in [6, 6.07) is 8.65. The van der Waals surface area contributed by atoms with Crippen LogP contribution in [0, 0.1) is 10.1 Å². The zero-order chi connectivity index (χ0) is 16.1. The van der Waals surface area contributed by atoms with Gasteiger partial charge in [0.05, 0.1) is 11.2 Å². The van der Waals surface area contributed by atoms with Crippen LogP contribution in [0.4, 0.5) is 5.69 Å². The second-order valence-corrected chi connectivity index (χ2v) is 4.92. The molecule has 2 rings (SSSR count). The highest BCUT2D eigenvalue weighted by atomic mass is 16.6. The van der Waals surface area contributed by atoms with Crippen LogP contribution in [0.15, 0.2) is 47.1 Å². The molecular weight excluding hydrogens is 288 g/mol. The van der Waals surface area contributed by atoms with Gasteiger partial charge in [-0.1, -0.05) is 12.1 Å². The second-order valence-electron chi connectivity index (χ2n) is 4.92. The van der Waals surface area contributed by atoms with Crippen molar-refractivity contribution < 1.29 is 19.2 Å².